The molecule has 0 aromatic carbocycles. The zero-order valence-electron chi connectivity index (χ0n) is 10.1. The van der Waals surface area contributed by atoms with Gasteiger partial charge in [0, 0.05) is 25.3 Å². The molecule has 1 aliphatic rings. The molecule has 6 heteroatoms. The van der Waals surface area contributed by atoms with Gasteiger partial charge in [-0.2, -0.15) is 5.10 Å². The first-order valence-electron chi connectivity index (χ1n) is 6.08. The molecule has 0 amide bonds. The van der Waals surface area contributed by atoms with Gasteiger partial charge in [0.05, 0.1) is 10.7 Å². The highest BCUT2D eigenvalue weighted by molar-refractivity contribution is 9.10. The molecular weight excluding hydrogens is 306 g/mol. The van der Waals surface area contributed by atoms with Crippen LogP contribution in [0.4, 0.5) is 8.78 Å². The number of carbonyl (C=O) groups excluding carboxylic acids is 1. The Bertz CT molecular complexity index is 459. The zero-order chi connectivity index (χ0) is 13.3. The summed E-state index contributed by atoms with van der Waals surface area (Å²) in [4.78, 5) is 12.3. The Balaban J connectivity index is 2.23. The van der Waals surface area contributed by atoms with Gasteiger partial charge in [-0.15, -0.1) is 0 Å². The van der Waals surface area contributed by atoms with Gasteiger partial charge in [0.25, 0.3) is 0 Å². The van der Waals surface area contributed by atoms with E-state index in [1.165, 1.54) is 6.20 Å². The highest BCUT2D eigenvalue weighted by Crippen LogP contribution is 2.38. The number of halogens is 3. The van der Waals surface area contributed by atoms with Crippen molar-refractivity contribution < 1.29 is 13.6 Å². The topological polar surface area (TPSA) is 34.9 Å². The molecule has 1 saturated carbocycles. The normalized spacial score (nSPS) is 23.0. The van der Waals surface area contributed by atoms with Crippen LogP contribution in [-0.4, -0.2) is 21.5 Å². The number of nitrogens with zero attached hydrogens (tertiary/aromatic N) is 2. The summed E-state index contributed by atoms with van der Waals surface area (Å²) in [5.41, 5.74) is 0.417. The maximum Gasteiger partial charge on any atom is 0.248 e. The van der Waals surface area contributed by atoms with E-state index in [2.05, 4.69) is 21.0 Å². The molecule has 0 radical (unpaired) electrons. The Hall–Kier alpha value is -0.780. The van der Waals surface area contributed by atoms with Crippen LogP contribution in [0.2, 0.25) is 0 Å². The van der Waals surface area contributed by atoms with E-state index in [9.17, 15) is 13.6 Å². The summed E-state index contributed by atoms with van der Waals surface area (Å²) in [5.74, 6) is -3.52. The molecule has 1 aliphatic carbocycles. The van der Waals surface area contributed by atoms with E-state index in [1.54, 1.807) is 4.68 Å². The van der Waals surface area contributed by atoms with Gasteiger partial charge >= 0.3 is 0 Å². The van der Waals surface area contributed by atoms with Crippen molar-refractivity contribution in [2.45, 2.75) is 45.1 Å². The van der Waals surface area contributed by atoms with Crippen LogP contribution in [0.1, 0.15) is 43.1 Å². The Morgan fingerprint density at radius 3 is 3.00 bits per heavy atom. The Morgan fingerprint density at radius 2 is 2.39 bits per heavy atom. The minimum absolute atomic E-state index is 0.106. The lowest BCUT2D eigenvalue weighted by Crippen LogP contribution is -2.31. The zero-order valence-corrected chi connectivity index (χ0v) is 11.7. The molecule has 0 N–H and O–H groups in total. The van der Waals surface area contributed by atoms with Crippen molar-refractivity contribution in [2.24, 2.45) is 5.92 Å². The van der Waals surface area contributed by atoms with Crippen LogP contribution in [0, 0.1) is 5.92 Å². The fraction of sp³-hybridized carbons (Fsp3) is 0.667. The number of Topliss-reactive ketones (excluding diaryl/α,β-unsaturated/α-hetero) is 1. The smallest absolute Gasteiger partial charge is 0.248 e. The van der Waals surface area contributed by atoms with Crippen LogP contribution in [0.5, 0.6) is 0 Å². The maximum atomic E-state index is 13.4. The van der Waals surface area contributed by atoms with Crippen molar-refractivity contribution in [2.75, 3.05) is 0 Å². The van der Waals surface area contributed by atoms with Crippen molar-refractivity contribution in [3.8, 4) is 0 Å². The molecule has 2 rings (SSSR count). The number of alkyl halides is 2. The average molecular weight is 321 g/mol. The van der Waals surface area contributed by atoms with Gasteiger partial charge in [0.2, 0.25) is 5.92 Å². The quantitative estimate of drug-likeness (QED) is 0.796. The van der Waals surface area contributed by atoms with E-state index in [0.29, 0.717) is 29.6 Å². The molecule has 100 valence electrons. The summed E-state index contributed by atoms with van der Waals surface area (Å²) in [5, 5.41) is 4.05. The lowest BCUT2D eigenvalue weighted by Gasteiger charge is -2.28. The van der Waals surface area contributed by atoms with Crippen molar-refractivity contribution in [1.82, 2.24) is 9.78 Å². The molecule has 0 saturated heterocycles. The third kappa shape index (κ3) is 2.63. The van der Waals surface area contributed by atoms with E-state index in [4.69, 9.17) is 0 Å². The number of hydrogen-bond acceptors (Lipinski definition) is 2. The predicted octanol–water partition coefficient (Wildman–Crippen LogP) is 3.67. The van der Waals surface area contributed by atoms with Gasteiger partial charge in [-0.1, -0.05) is 0 Å². The molecular formula is C12H15BrF2N2O. The summed E-state index contributed by atoms with van der Waals surface area (Å²) in [6.07, 6.45) is 2.03. The monoisotopic (exact) mass is 320 g/mol. The largest absolute Gasteiger partial charge is 0.292 e. The Kier molecular flexibility index (Phi) is 3.84. The first kappa shape index (κ1) is 13.6. The van der Waals surface area contributed by atoms with Crippen LogP contribution in [-0.2, 0) is 6.54 Å². The average Bonchev–Trinajstić information content (AvgIpc) is 2.68. The molecule has 1 aromatic heterocycles. The lowest BCUT2D eigenvalue weighted by atomic mass is 9.83. The second-order valence-corrected chi connectivity index (χ2v) is 5.52. The molecule has 1 fully saturated rings. The minimum atomic E-state index is -2.71. The minimum Gasteiger partial charge on any atom is -0.292 e. The van der Waals surface area contributed by atoms with Crippen molar-refractivity contribution >= 4 is 21.7 Å². The number of aromatic nitrogens is 2. The molecule has 0 bridgehead atoms. The number of hydrogen-bond donors (Lipinski definition) is 0. The fourth-order valence-electron chi connectivity index (χ4n) is 2.44. The number of ketones is 1. The molecule has 18 heavy (non-hydrogen) atoms. The number of rotatable bonds is 3. The maximum absolute atomic E-state index is 13.4. The van der Waals surface area contributed by atoms with Crippen molar-refractivity contribution in [3.63, 3.8) is 0 Å². The number of carbonyl (C=O) groups is 1. The first-order valence-corrected chi connectivity index (χ1v) is 6.87. The van der Waals surface area contributed by atoms with Crippen LogP contribution < -0.4 is 0 Å². The highest BCUT2D eigenvalue weighted by atomic mass is 79.9. The summed E-state index contributed by atoms with van der Waals surface area (Å²) in [6.45, 7) is 2.42. The summed E-state index contributed by atoms with van der Waals surface area (Å²) in [7, 11) is 0. The molecule has 0 aliphatic heterocycles. The summed E-state index contributed by atoms with van der Waals surface area (Å²) >= 11 is 3.26. The number of aryl methyl sites for hydroxylation is 1. The van der Waals surface area contributed by atoms with Gasteiger partial charge in [0.15, 0.2) is 5.78 Å². The van der Waals surface area contributed by atoms with Crippen LogP contribution in [0.3, 0.4) is 0 Å². The van der Waals surface area contributed by atoms with Crippen LogP contribution in [0.25, 0.3) is 0 Å². The van der Waals surface area contributed by atoms with E-state index in [0.717, 1.165) is 0 Å². The fourth-order valence-corrected chi connectivity index (χ4v) is 2.93. The molecule has 3 nitrogen and oxygen atoms in total. The molecule has 1 unspecified atom stereocenters. The van der Waals surface area contributed by atoms with E-state index in [-0.39, 0.29) is 18.6 Å². The van der Waals surface area contributed by atoms with Crippen molar-refractivity contribution in [3.05, 3.63) is 16.4 Å². The van der Waals surface area contributed by atoms with E-state index in [1.807, 2.05) is 6.92 Å². The van der Waals surface area contributed by atoms with Crippen LogP contribution in [0.15, 0.2) is 10.7 Å². The second-order valence-electron chi connectivity index (χ2n) is 4.67. The van der Waals surface area contributed by atoms with Gasteiger partial charge < -0.3 is 0 Å². The standard InChI is InChI=1S/C12H15BrF2N2O/c1-2-17-10(9(13)7-16-17)11(18)8-4-3-5-12(14,15)6-8/h7-8H,2-6H2,1H3. The third-order valence-electron chi connectivity index (χ3n) is 3.34. The lowest BCUT2D eigenvalue weighted by molar-refractivity contribution is -0.0479. The summed E-state index contributed by atoms with van der Waals surface area (Å²) < 4.78 is 28.8. The molecule has 1 aromatic rings. The Labute approximate surface area is 113 Å². The predicted molar refractivity (Wildman–Crippen MR) is 66.8 cm³/mol. The van der Waals surface area contributed by atoms with E-state index >= 15 is 0 Å². The van der Waals surface area contributed by atoms with Crippen LogP contribution >= 0.6 is 15.9 Å². The molecule has 1 atom stereocenters. The van der Waals surface area contributed by atoms with Gasteiger partial charge in [-0.05, 0) is 35.7 Å². The third-order valence-corrected chi connectivity index (χ3v) is 3.92. The second kappa shape index (κ2) is 5.07. The molecule has 1 heterocycles. The Morgan fingerprint density at radius 1 is 1.67 bits per heavy atom. The van der Waals surface area contributed by atoms with Gasteiger partial charge in [0.1, 0.15) is 5.69 Å². The van der Waals surface area contributed by atoms with Crippen molar-refractivity contribution in [1.29, 1.82) is 0 Å². The summed E-state index contributed by atoms with van der Waals surface area (Å²) in [6, 6.07) is 0. The highest BCUT2D eigenvalue weighted by Gasteiger charge is 2.40. The first-order chi connectivity index (χ1) is 8.44. The van der Waals surface area contributed by atoms with Gasteiger partial charge in [-0.25, -0.2) is 8.78 Å². The molecule has 0 spiro atoms. The van der Waals surface area contributed by atoms with Gasteiger partial charge in [-0.3, -0.25) is 9.48 Å². The van der Waals surface area contributed by atoms with E-state index < -0.39 is 11.8 Å². The SMILES string of the molecule is CCn1ncc(Br)c1C(=O)C1CCCC(F)(F)C1.